The van der Waals surface area contributed by atoms with Gasteiger partial charge in [0.1, 0.15) is 0 Å². The molecule has 0 saturated carbocycles. The van der Waals surface area contributed by atoms with E-state index in [4.69, 9.17) is 35.6 Å². The number of nitrogens with zero attached hydrogens (tertiary/aromatic N) is 4. The number of anilines is 2. The van der Waals surface area contributed by atoms with Crippen LogP contribution in [0.5, 0.6) is 23.0 Å². The number of aryl methyl sites for hydroxylation is 1. The number of aromatic nitrogens is 2. The van der Waals surface area contributed by atoms with Gasteiger partial charge in [0, 0.05) is 43.0 Å². The number of methoxy groups -OCH3 is 4. The van der Waals surface area contributed by atoms with Gasteiger partial charge >= 0.3 is 0 Å². The van der Waals surface area contributed by atoms with Gasteiger partial charge < -0.3 is 28.7 Å². The molecule has 8 nitrogen and oxygen atoms in total. The van der Waals surface area contributed by atoms with Gasteiger partial charge in [-0.3, -0.25) is 4.68 Å². The van der Waals surface area contributed by atoms with Crippen molar-refractivity contribution in [1.29, 1.82) is 0 Å². The SMILES string of the molecule is CCCc1nn(Cc2ccc(OC)c(OC)c2)c2cc(OC)c(OC)c(N3CCN(c4cccc(Cl)c4C)CC3)c12. The van der Waals surface area contributed by atoms with Gasteiger partial charge in [-0.2, -0.15) is 5.10 Å². The highest BCUT2D eigenvalue weighted by molar-refractivity contribution is 6.31. The molecule has 1 fully saturated rings. The minimum absolute atomic E-state index is 0.581. The molecule has 0 radical (unpaired) electrons. The van der Waals surface area contributed by atoms with Crippen LogP contribution in [0.3, 0.4) is 0 Å². The average molecular weight is 579 g/mol. The second kappa shape index (κ2) is 12.4. The van der Waals surface area contributed by atoms with E-state index < -0.39 is 0 Å². The predicted molar refractivity (Wildman–Crippen MR) is 166 cm³/mol. The van der Waals surface area contributed by atoms with Crippen LogP contribution in [0, 0.1) is 6.92 Å². The summed E-state index contributed by atoms with van der Waals surface area (Å²) in [7, 11) is 6.70. The zero-order valence-electron chi connectivity index (χ0n) is 24.8. The summed E-state index contributed by atoms with van der Waals surface area (Å²) in [6.45, 7) is 8.25. The lowest BCUT2D eigenvalue weighted by molar-refractivity contribution is 0.354. The molecular weight excluding hydrogens is 540 g/mol. The highest BCUT2D eigenvalue weighted by Gasteiger charge is 2.29. The lowest BCUT2D eigenvalue weighted by Crippen LogP contribution is -2.47. The van der Waals surface area contributed by atoms with E-state index in [1.807, 2.05) is 30.3 Å². The average Bonchev–Trinajstić information content (AvgIpc) is 3.33. The number of halogens is 1. The first-order valence-corrected chi connectivity index (χ1v) is 14.4. The first kappa shape index (κ1) is 28.7. The molecule has 218 valence electrons. The van der Waals surface area contributed by atoms with E-state index in [9.17, 15) is 0 Å². The third-order valence-electron chi connectivity index (χ3n) is 7.87. The third-order valence-corrected chi connectivity index (χ3v) is 8.28. The summed E-state index contributed by atoms with van der Waals surface area (Å²) in [6.07, 6.45) is 1.84. The molecule has 0 aliphatic carbocycles. The highest BCUT2D eigenvalue weighted by atomic mass is 35.5. The zero-order valence-corrected chi connectivity index (χ0v) is 25.5. The van der Waals surface area contributed by atoms with Crippen LogP contribution in [0.4, 0.5) is 11.4 Å². The topological polar surface area (TPSA) is 61.2 Å². The molecule has 0 spiro atoms. The molecule has 5 rings (SSSR count). The van der Waals surface area contributed by atoms with Crippen molar-refractivity contribution in [3.63, 3.8) is 0 Å². The lowest BCUT2D eigenvalue weighted by Gasteiger charge is -2.39. The fourth-order valence-corrected chi connectivity index (χ4v) is 5.97. The Kier molecular flexibility index (Phi) is 8.68. The Morgan fingerprint density at radius 1 is 0.829 bits per heavy atom. The molecule has 1 saturated heterocycles. The molecule has 3 aromatic carbocycles. The fraction of sp³-hybridized carbons (Fsp3) is 0.406. The number of hydrogen-bond donors (Lipinski definition) is 0. The van der Waals surface area contributed by atoms with Crippen LogP contribution >= 0.6 is 11.6 Å². The number of ether oxygens (including phenoxy) is 4. The summed E-state index contributed by atoms with van der Waals surface area (Å²) >= 11 is 6.45. The van der Waals surface area contributed by atoms with Crippen LogP contribution < -0.4 is 28.7 Å². The molecule has 41 heavy (non-hydrogen) atoms. The van der Waals surface area contributed by atoms with Gasteiger partial charge in [0.2, 0.25) is 0 Å². The molecule has 0 amide bonds. The molecule has 1 aromatic heterocycles. The number of fused-ring (bicyclic) bond motifs is 1. The maximum Gasteiger partial charge on any atom is 0.185 e. The molecule has 0 bridgehead atoms. The summed E-state index contributed by atoms with van der Waals surface area (Å²) < 4.78 is 25.0. The zero-order chi connectivity index (χ0) is 29.1. The monoisotopic (exact) mass is 578 g/mol. The van der Waals surface area contributed by atoms with E-state index in [-0.39, 0.29) is 0 Å². The van der Waals surface area contributed by atoms with Gasteiger partial charge in [0.05, 0.1) is 57.3 Å². The van der Waals surface area contributed by atoms with Crippen molar-refractivity contribution < 1.29 is 18.9 Å². The van der Waals surface area contributed by atoms with Gasteiger partial charge in [-0.15, -0.1) is 0 Å². The molecule has 0 atom stereocenters. The van der Waals surface area contributed by atoms with E-state index in [1.165, 1.54) is 5.69 Å². The Balaban J connectivity index is 1.57. The normalized spacial score (nSPS) is 13.5. The van der Waals surface area contributed by atoms with Gasteiger partial charge in [0.25, 0.3) is 0 Å². The van der Waals surface area contributed by atoms with E-state index >= 15 is 0 Å². The molecule has 0 unspecified atom stereocenters. The summed E-state index contributed by atoms with van der Waals surface area (Å²) in [5, 5.41) is 7.07. The standard InChI is InChI=1S/C32H39ClN4O4/c1-7-9-24-30-26(37(34-24)20-22-12-13-27(38-3)28(18-22)39-4)19-29(40-5)32(41-6)31(30)36-16-14-35(15-17-36)25-11-8-10-23(33)21(25)2/h8,10-13,18-19H,7,9,14-17,20H2,1-6H3. The molecular formula is C32H39ClN4O4. The first-order chi connectivity index (χ1) is 19.9. The number of hydrogen-bond acceptors (Lipinski definition) is 7. The Hall–Kier alpha value is -3.78. The Morgan fingerprint density at radius 2 is 1.54 bits per heavy atom. The molecule has 1 aliphatic rings. The van der Waals surface area contributed by atoms with Gasteiger partial charge in [-0.1, -0.05) is 37.1 Å². The molecule has 0 N–H and O–H groups in total. The predicted octanol–water partition coefficient (Wildman–Crippen LogP) is 6.36. The van der Waals surface area contributed by atoms with Crippen molar-refractivity contribution in [2.24, 2.45) is 0 Å². The van der Waals surface area contributed by atoms with Crippen LogP contribution in [0.15, 0.2) is 42.5 Å². The van der Waals surface area contributed by atoms with Crippen LogP contribution in [-0.4, -0.2) is 64.4 Å². The summed E-state index contributed by atoms with van der Waals surface area (Å²) in [6, 6.07) is 14.2. The second-order valence-corrected chi connectivity index (χ2v) is 10.7. The molecule has 1 aliphatic heterocycles. The van der Waals surface area contributed by atoms with E-state index in [2.05, 4.69) is 40.5 Å². The maximum atomic E-state index is 6.45. The van der Waals surface area contributed by atoms with Crippen LogP contribution in [-0.2, 0) is 13.0 Å². The largest absolute Gasteiger partial charge is 0.493 e. The van der Waals surface area contributed by atoms with Gasteiger partial charge in [-0.25, -0.2) is 0 Å². The van der Waals surface area contributed by atoms with Crippen molar-refractivity contribution in [1.82, 2.24) is 9.78 Å². The molecule has 9 heteroatoms. The molecule has 4 aromatic rings. The Labute approximate surface area is 247 Å². The van der Waals surface area contributed by atoms with Crippen molar-refractivity contribution in [2.75, 3.05) is 64.4 Å². The van der Waals surface area contributed by atoms with Crippen LogP contribution in [0.2, 0.25) is 5.02 Å². The third kappa shape index (κ3) is 5.45. The first-order valence-electron chi connectivity index (χ1n) is 14.0. The maximum absolute atomic E-state index is 6.45. The van der Waals surface area contributed by atoms with Crippen LogP contribution in [0.25, 0.3) is 10.9 Å². The second-order valence-electron chi connectivity index (χ2n) is 10.3. The van der Waals surface area contributed by atoms with E-state index in [0.29, 0.717) is 23.8 Å². The van der Waals surface area contributed by atoms with Crippen LogP contribution in [0.1, 0.15) is 30.2 Å². The van der Waals surface area contributed by atoms with Crippen molar-refractivity contribution >= 4 is 33.9 Å². The quantitative estimate of drug-likeness (QED) is 0.217. The summed E-state index contributed by atoms with van der Waals surface area (Å²) in [4.78, 5) is 4.83. The van der Waals surface area contributed by atoms with Crippen molar-refractivity contribution in [2.45, 2.75) is 33.2 Å². The number of rotatable bonds is 10. The summed E-state index contributed by atoms with van der Waals surface area (Å²) in [5.41, 5.74) is 6.50. The minimum Gasteiger partial charge on any atom is -0.493 e. The summed E-state index contributed by atoms with van der Waals surface area (Å²) in [5.74, 6) is 2.84. The number of piperazine rings is 1. The minimum atomic E-state index is 0.581. The van der Waals surface area contributed by atoms with E-state index in [1.54, 1.807) is 28.4 Å². The smallest absolute Gasteiger partial charge is 0.185 e. The van der Waals surface area contributed by atoms with E-state index in [0.717, 1.165) is 83.2 Å². The van der Waals surface area contributed by atoms with Gasteiger partial charge in [0.15, 0.2) is 23.0 Å². The van der Waals surface area contributed by atoms with Crippen molar-refractivity contribution in [3.8, 4) is 23.0 Å². The van der Waals surface area contributed by atoms with Gasteiger partial charge in [-0.05, 0) is 48.7 Å². The number of benzene rings is 3. The Bertz CT molecular complexity index is 1530. The Morgan fingerprint density at radius 3 is 2.20 bits per heavy atom. The van der Waals surface area contributed by atoms with Crippen molar-refractivity contribution in [3.05, 3.63) is 64.3 Å². The fourth-order valence-electron chi connectivity index (χ4n) is 5.80. The molecule has 2 heterocycles. The lowest BCUT2D eigenvalue weighted by atomic mass is 10.1. The highest BCUT2D eigenvalue weighted by Crippen LogP contribution is 2.46.